The highest BCUT2D eigenvalue weighted by atomic mass is 32.2. The van der Waals surface area contributed by atoms with E-state index in [1.54, 1.807) is 30.3 Å². The van der Waals surface area contributed by atoms with Gasteiger partial charge in [0.2, 0.25) is 10.0 Å². The largest absolute Gasteiger partial charge is 0.416 e. The second-order valence-corrected chi connectivity index (χ2v) is 7.39. The molecule has 25 heavy (non-hydrogen) atoms. The van der Waals surface area contributed by atoms with E-state index in [0.29, 0.717) is 5.56 Å². The van der Waals surface area contributed by atoms with Crippen molar-refractivity contribution in [1.29, 1.82) is 0 Å². The lowest BCUT2D eigenvalue weighted by molar-refractivity contribution is -0.137. The fraction of sp³-hybridized carbons (Fsp3) is 0.235. The molecule has 0 aliphatic carbocycles. The molecule has 0 aromatic heterocycles. The molecule has 0 heterocycles. The van der Waals surface area contributed by atoms with E-state index in [2.05, 4.69) is 0 Å². The number of hydrogen-bond donors (Lipinski definition) is 0. The highest BCUT2D eigenvalue weighted by molar-refractivity contribution is 7.92. The Bertz CT molecular complexity index is 832. The summed E-state index contributed by atoms with van der Waals surface area (Å²) in [5, 5.41) is 0. The first-order valence-corrected chi connectivity index (χ1v) is 8.91. The normalized spacial score (nSPS) is 12.0. The molecule has 134 valence electrons. The van der Waals surface area contributed by atoms with Crippen molar-refractivity contribution in [3.8, 4) is 0 Å². The number of ketones is 1. The molecule has 0 unspecified atom stereocenters. The first-order chi connectivity index (χ1) is 11.6. The summed E-state index contributed by atoms with van der Waals surface area (Å²) < 4.78 is 64.2. The summed E-state index contributed by atoms with van der Waals surface area (Å²) in [5.74, 6) is -0.779. The molecule has 0 saturated heterocycles. The van der Waals surface area contributed by atoms with Crippen LogP contribution in [-0.4, -0.2) is 20.7 Å². The van der Waals surface area contributed by atoms with Crippen LogP contribution in [0.2, 0.25) is 0 Å². The Kier molecular flexibility index (Phi) is 5.52. The van der Waals surface area contributed by atoms with Crippen molar-refractivity contribution in [2.24, 2.45) is 0 Å². The minimum Gasteiger partial charge on any atom is -0.298 e. The molecule has 8 heteroatoms. The third kappa shape index (κ3) is 5.06. The van der Waals surface area contributed by atoms with Crippen molar-refractivity contribution in [1.82, 2.24) is 0 Å². The van der Waals surface area contributed by atoms with Gasteiger partial charge in [-0.25, -0.2) is 8.42 Å². The Morgan fingerprint density at radius 2 is 1.56 bits per heavy atom. The summed E-state index contributed by atoms with van der Waals surface area (Å²) in [6, 6.07) is 12.0. The van der Waals surface area contributed by atoms with Gasteiger partial charge in [0.05, 0.1) is 23.5 Å². The first kappa shape index (κ1) is 19.0. The van der Waals surface area contributed by atoms with Gasteiger partial charge in [0.15, 0.2) is 0 Å². The van der Waals surface area contributed by atoms with Crippen molar-refractivity contribution < 1.29 is 26.4 Å². The van der Waals surface area contributed by atoms with E-state index in [0.717, 1.165) is 28.6 Å². The minimum absolute atomic E-state index is 0.0131. The van der Waals surface area contributed by atoms with Gasteiger partial charge >= 0.3 is 6.18 Å². The molecule has 2 aromatic rings. The number of hydrogen-bond acceptors (Lipinski definition) is 3. The van der Waals surface area contributed by atoms with Crippen LogP contribution in [0.25, 0.3) is 0 Å². The van der Waals surface area contributed by atoms with E-state index in [-0.39, 0.29) is 11.4 Å². The summed E-state index contributed by atoms with van der Waals surface area (Å²) in [6.07, 6.45) is -4.52. The molecule has 0 spiro atoms. The number of carbonyl (C=O) groups excluding carboxylic acids is 1. The van der Waals surface area contributed by atoms with Crippen LogP contribution in [0.4, 0.5) is 18.9 Å². The van der Waals surface area contributed by atoms with Gasteiger partial charge < -0.3 is 0 Å². The summed E-state index contributed by atoms with van der Waals surface area (Å²) in [4.78, 5) is 11.5. The summed E-state index contributed by atoms with van der Waals surface area (Å²) in [6.45, 7) is 0.773. The number of nitrogens with zero attached hydrogens (tertiary/aromatic N) is 1. The van der Waals surface area contributed by atoms with Gasteiger partial charge in [-0.2, -0.15) is 13.2 Å². The van der Waals surface area contributed by atoms with Crippen molar-refractivity contribution in [2.75, 3.05) is 10.8 Å². The van der Waals surface area contributed by atoms with Crippen LogP contribution < -0.4 is 4.31 Å². The molecule has 0 bridgehead atoms. The predicted octanol–water partition coefficient (Wildman–Crippen LogP) is 3.63. The van der Waals surface area contributed by atoms with Gasteiger partial charge in [-0.15, -0.1) is 0 Å². The van der Waals surface area contributed by atoms with Crippen LogP contribution in [0.15, 0.2) is 54.6 Å². The summed E-state index contributed by atoms with van der Waals surface area (Å²) >= 11 is 0. The Morgan fingerprint density at radius 1 is 1.00 bits per heavy atom. The second kappa shape index (κ2) is 7.26. The first-order valence-electron chi connectivity index (χ1n) is 7.30. The van der Waals surface area contributed by atoms with Crippen LogP contribution in [-0.2, 0) is 26.7 Å². The minimum atomic E-state index is -4.52. The average Bonchev–Trinajstić information content (AvgIpc) is 2.52. The summed E-state index contributed by atoms with van der Waals surface area (Å²) in [7, 11) is -3.94. The van der Waals surface area contributed by atoms with Crippen molar-refractivity contribution in [3.05, 3.63) is 65.7 Å². The van der Waals surface area contributed by atoms with E-state index in [1.807, 2.05) is 0 Å². The predicted molar refractivity (Wildman–Crippen MR) is 88.5 cm³/mol. The van der Waals surface area contributed by atoms with Crippen LogP contribution in [0.5, 0.6) is 0 Å². The third-order valence-corrected chi connectivity index (χ3v) is 5.09. The summed E-state index contributed by atoms with van der Waals surface area (Å²) in [5.41, 5.74) is -0.360. The standard InChI is InChI=1S/C17H16F3NO3S/c1-13(22)11-21(16-9-7-15(8-10-16)17(18,19)20)25(23,24)12-14-5-3-2-4-6-14/h2-10H,11-12H2,1H3. The number of sulfonamides is 1. The SMILES string of the molecule is CC(=O)CN(c1ccc(C(F)(F)F)cc1)S(=O)(=O)Cc1ccccc1. The Labute approximate surface area is 143 Å². The molecule has 0 saturated carbocycles. The monoisotopic (exact) mass is 371 g/mol. The Balaban J connectivity index is 2.37. The molecule has 0 aliphatic heterocycles. The molecule has 0 radical (unpaired) electrons. The van der Waals surface area contributed by atoms with Gasteiger partial charge in [0, 0.05) is 0 Å². The lowest BCUT2D eigenvalue weighted by Crippen LogP contribution is -2.36. The number of alkyl halides is 3. The maximum absolute atomic E-state index is 12.7. The highest BCUT2D eigenvalue weighted by Crippen LogP contribution is 2.31. The smallest absolute Gasteiger partial charge is 0.298 e. The number of anilines is 1. The topological polar surface area (TPSA) is 54.5 Å². The zero-order chi connectivity index (χ0) is 18.7. The van der Waals surface area contributed by atoms with Crippen LogP contribution >= 0.6 is 0 Å². The van der Waals surface area contributed by atoms with Crippen LogP contribution in [0.3, 0.4) is 0 Å². The number of halogens is 3. The third-order valence-electron chi connectivity index (χ3n) is 3.38. The molecule has 0 aliphatic rings. The molecule has 0 fully saturated rings. The van der Waals surface area contributed by atoms with Crippen molar-refractivity contribution in [2.45, 2.75) is 18.9 Å². The zero-order valence-electron chi connectivity index (χ0n) is 13.3. The molecule has 4 nitrogen and oxygen atoms in total. The Hall–Kier alpha value is -2.35. The van der Waals surface area contributed by atoms with Crippen molar-refractivity contribution >= 4 is 21.5 Å². The van der Waals surface area contributed by atoms with Gasteiger partial charge in [-0.1, -0.05) is 30.3 Å². The lowest BCUT2D eigenvalue weighted by Gasteiger charge is -2.24. The molecular formula is C17H16F3NO3S. The maximum atomic E-state index is 12.7. The van der Waals surface area contributed by atoms with Crippen LogP contribution in [0, 0.1) is 0 Å². The lowest BCUT2D eigenvalue weighted by atomic mass is 10.2. The van der Waals surface area contributed by atoms with E-state index in [4.69, 9.17) is 0 Å². The molecule has 2 rings (SSSR count). The quantitative estimate of drug-likeness (QED) is 0.779. The molecule has 0 atom stereocenters. The van der Waals surface area contributed by atoms with E-state index in [1.165, 1.54) is 6.92 Å². The van der Waals surface area contributed by atoms with Gasteiger partial charge in [-0.05, 0) is 36.8 Å². The molecule has 0 N–H and O–H groups in total. The fourth-order valence-electron chi connectivity index (χ4n) is 2.23. The van der Waals surface area contributed by atoms with Gasteiger partial charge in [-0.3, -0.25) is 9.10 Å². The average molecular weight is 371 g/mol. The molecular weight excluding hydrogens is 355 g/mol. The molecule has 2 aromatic carbocycles. The van der Waals surface area contributed by atoms with Crippen molar-refractivity contribution in [3.63, 3.8) is 0 Å². The zero-order valence-corrected chi connectivity index (χ0v) is 14.1. The number of carbonyl (C=O) groups is 1. The van der Waals surface area contributed by atoms with E-state index in [9.17, 15) is 26.4 Å². The number of rotatable bonds is 6. The number of Topliss-reactive ketones (excluding diaryl/α,β-unsaturated/α-hetero) is 1. The van der Waals surface area contributed by atoms with Gasteiger partial charge in [0.1, 0.15) is 5.78 Å². The fourth-order valence-corrected chi connectivity index (χ4v) is 3.82. The number of benzene rings is 2. The van der Waals surface area contributed by atoms with Gasteiger partial charge in [0.25, 0.3) is 0 Å². The molecule has 0 amide bonds. The maximum Gasteiger partial charge on any atom is 0.416 e. The highest BCUT2D eigenvalue weighted by Gasteiger charge is 2.31. The van der Waals surface area contributed by atoms with Crippen LogP contribution in [0.1, 0.15) is 18.1 Å². The second-order valence-electron chi connectivity index (χ2n) is 5.50. The van der Waals surface area contributed by atoms with E-state index < -0.39 is 34.1 Å². The Morgan fingerprint density at radius 3 is 2.04 bits per heavy atom. The van der Waals surface area contributed by atoms with E-state index >= 15 is 0 Å².